The van der Waals surface area contributed by atoms with Gasteiger partial charge in [-0.1, -0.05) is 20.3 Å². The van der Waals surface area contributed by atoms with Crippen molar-refractivity contribution in [2.75, 3.05) is 5.32 Å². The molecule has 104 valence electrons. The zero-order valence-corrected chi connectivity index (χ0v) is 12.1. The molecule has 0 bridgehead atoms. The number of nitrogens with zero attached hydrogens (tertiary/aromatic N) is 4. The number of hydrogen-bond acceptors (Lipinski definition) is 3. The number of rotatable bonds is 7. The lowest BCUT2D eigenvalue weighted by Gasteiger charge is -2.09. The van der Waals surface area contributed by atoms with Crippen molar-refractivity contribution in [3.8, 4) is 0 Å². The molecule has 0 aliphatic rings. The molecule has 0 aliphatic heterocycles. The van der Waals surface area contributed by atoms with E-state index in [4.69, 9.17) is 0 Å². The summed E-state index contributed by atoms with van der Waals surface area (Å²) in [5.74, 6) is 0.944. The van der Waals surface area contributed by atoms with Gasteiger partial charge in [-0.25, -0.2) is 4.98 Å². The quantitative estimate of drug-likeness (QED) is 0.833. The van der Waals surface area contributed by atoms with Crippen molar-refractivity contribution in [2.24, 2.45) is 7.05 Å². The zero-order valence-electron chi connectivity index (χ0n) is 12.1. The highest BCUT2D eigenvalue weighted by Crippen LogP contribution is 2.11. The Labute approximate surface area is 114 Å². The SMILES string of the molecule is CCCCn1ccnc1NCc1cn(C)nc1CC. The van der Waals surface area contributed by atoms with E-state index in [1.165, 1.54) is 18.4 Å². The van der Waals surface area contributed by atoms with Crippen molar-refractivity contribution in [3.05, 3.63) is 29.8 Å². The lowest BCUT2D eigenvalue weighted by molar-refractivity contribution is 0.635. The van der Waals surface area contributed by atoms with Gasteiger partial charge in [0.25, 0.3) is 0 Å². The number of anilines is 1. The predicted molar refractivity (Wildman–Crippen MR) is 77.0 cm³/mol. The Balaban J connectivity index is 2.00. The number of unbranched alkanes of at least 4 members (excludes halogenated alkanes) is 1. The summed E-state index contributed by atoms with van der Waals surface area (Å²) in [5.41, 5.74) is 2.40. The van der Waals surface area contributed by atoms with Gasteiger partial charge in [0.05, 0.1) is 5.69 Å². The Kier molecular flexibility index (Phi) is 4.60. The summed E-state index contributed by atoms with van der Waals surface area (Å²) >= 11 is 0. The second kappa shape index (κ2) is 6.41. The summed E-state index contributed by atoms with van der Waals surface area (Å²) in [7, 11) is 1.96. The van der Waals surface area contributed by atoms with Crippen LogP contribution < -0.4 is 5.32 Å². The maximum absolute atomic E-state index is 4.45. The van der Waals surface area contributed by atoms with E-state index < -0.39 is 0 Å². The summed E-state index contributed by atoms with van der Waals surface area (Å²) in [6.45, 7) is 6.13. The monoisotopic (exact) mass is 261 g/mol. The summed E-state index contributed by atoms with van der Waals surface area (Å²) in [6.07, 6.45) is 9.29. The van der Waals surface area contributed by atoms with Crippen LogP contribution in [0.3, 0.4) is 0 Å². The largest absolute Gasteiger partial charge is 0.351 e. The van der Waals surface area contributed by atoms with Gasteiger partial charge < -0.3 is 9.88 Å². The van der Waals surface area contributed by atoms with Crippen LogP contribution in [0, 0.1) is 0 Å². The molecule has 0 spiro atoms. The van der Waals surface area contributed by atoms with E-state index in [-0.39, 0.29) is 0 Å². The topological polar surface area (TPSA) is 47.7 Å². The van der Waals surface area contributed by atoms with Gasteiger partial charge in [0.2, 0.25) is 5.95 Å². The van der Waals surface area contributed by atoms with E-state index >= 15 is 0 Å². The standard InChI is InChI=1S/C14H23N5/c1-4-6-8-19-9-7-15-14(19)16-10-12-11-18(3)17-13(12)5-2/h7,9,11H,4-6,8,10H2,1-3H3,(H,15,16). The molecule has 2 rings (SSSR count). The van der Waals surface area contributed by atoms with E-state index in [9.17, 15) is 0 Å². The van der Waals surface area contributed by atoms with E-state index in [0.29, 0.717) is 0 Å². The van der Waals surface area contributed by atoms with Gasteiger partial charge in [0.15, 0.2) is 0 Å². The molecule has 0 aromatic carbocycles. The fourth-order valence-electron chi connectivity index (χ4n) is 2.19. The highest BCUT2D eigenvalue weighted by molar-refractivity contribution is 5.29. The van der Waals surface area contributed by atoms with Gasteiger partial charge in [-0.3, -0.25) is 4.68 Å². The van der Waals surface area contributed by atoms with Crippen LogP contribution in [0.4, 0.5) is 5.95 Å². The van der Waals surface area contributed by atoms with E-state index in [1.807, 2.05) is 24.1 Å². The van der Waals surface area contributed by atoms with Gasteiger partial charge in [0, 0.05) is 44.3 Å². The molecule has 0 fully saturated rings. The average Bonchev–Trinajstić information content (AvgIpc) is 2.99. The Morgan fingerprint density at radius 3 is 2.89 bits per heavy atom. The third kappa shape index (κ3) is 3.36. The van der Waals surface area contributed by atoms with Crippen LogP contribution in [0.25, 0.3) is 0 Å². The van der Waals surface area contributed by atoms with E-state index in [2.05, 4.69) is 40.0 Å². The highest BCUT2D eigenvalue weighted by atomic mass is 15.3. The number of nitrogens with one attached hydrogen (secondary N) is 1. The van der Waals surface area contributed by atoms with Gasteiger partial charge in [-0.05, 0) is 12.8 Å². The van der Waals surface area contributed by atoms with Crippen LogP contribution in [0.2, 0.25) is 0 Å². The molecule has 2 heterocycles. The van der Waals surface area contributed by atoms with Crippen LogP contribution in [-0.4, -0.2) is 19.3 Å². The third-order valence-corrected chi connectivity index (χ3v) is 3.23. The molecule has 1 N–H and O–H groups in total. The molecule has 2 aromatic rings. The molecule has 19 heavy (non-hydrogen) atoms. The molecule has 5 nitrogen and oxygen atoms in total. The molecule has 0 amide bonds. The minimum Gasteiger partial charge on any atom is -0.351 e. The minimum atomic E-state index is 0.778. The van der Waals surface area contributed by atoms with Crippen molar-refractivity contribution >= 4 is 5.95 Å². The van der Waals surface area contributed by atoms with Crippen molar-refractivity contribution in [2.45, 2.75) is 46.2 Å². The summed E-state index contributed by atoms with van der Waals surface area (Å²) in [5, 5.41) is 7.86. The van der Waals surface area contributed by atoms with Crippen LogP contribution in [0.15, 0.2) is 18.6 Å². The number of hydrogen-bond donors (Lipinski definition) is 1. The summed E-state index contributed by atoms with van der Waals surface area (Å²) < 4.78 is 4.05. The normalized spacial score (nSPS) is 10.9. The first kappa shape index (κ1) is 13.6. The molecular weight excluding hydrogens is 238 g/mol. The van der Waals surface area contributed by atoms with Gasteiger partial charge >= 0.3 is 0 Å². The Morgan fingerprint density at radius 1 is 1.32 bits per heavy atom. The number of imidazole rings is 1. The second-order valence-corrected chi connectivity index (χ2v) is 4.78. The lowest BCUT2D eigenvalue weighted by Crippen LogP contribution is -2.08. The van der Waals surface area contributed by atoms with E-state index in [1.54, 1.807) is 0 Å². The van der Waals surface area contributed by atoms with Crippen LogP contribution in [-0.2, 0) is 26.6 Å². The fourth-order valence-corrected chi connectivity index (χ4v) is 2.19. The molecule has 0 unspecified atom stereocenters. The molecular formula is C14H23N5. The second-order valence-electron chi connectivity index (χ2n) is 4.78. The lowest BCUT2D eigenvalue weighted by atomic mass is 10.2. The van der Waals surface area contributed by atoms with Crippen LogP contribution >= 0.6 is 0 Å². The fraction of sp³-hybridized carbons (Fsp3) is 0.571. The Bertz CT molecular complexity index is 512. The molecule has 2 aromatic heterocycles. The molecule has 0 saturated heterocycles. The average molecular weight is 261 g/mol. The first-order chi connectivity index (χ1) is 9.24. The molecule has 0 saturated carbocycles. The number of aromatic nitrogens is 4. The zero-order chi connectivity index (χ0) is 13.7. The maximum atomic E-state index is 4.45. The Morgan fingerprint density at radius 2 is 2.16 bits per heavy atom. The Hall–Kier alpha value is -1.78. The van der Waals surface area contributed by atoms with Gasteiger partial charge in [-0.2, -0.15) is 5.10 Å². The third-order valence-electron chi connectivity index (χ3n) is 3.23. The van der Waals surface area contributed by atoms with Gasteiger partial charge in [-0.15, -0.1) is 0 Å². The van der Waals surface area contributed by atoms with Crippen molar-refractivity contribution in [3.63, 3.8) is 0 Å². The smallest absolute Gasteiger partial charge is 0.203 e. The molecule has 0 atom stereocenters. The predicted octanol–water partition coefficient (Wildman–Crippen LogP) is 2.59. The summed E-state index contributed by atoms with van der Waals surface area (Å²) in [4.78, 5) is 4.37. The van der Waals surface area contributed by atoms with Crippen molar-refractivity contribution < 1.29 is 0 Å². The molecule has 5 heteroatoms. The van der Waals surface area contributed by atoms with Crippen LogP contribution in [0.5, 0.6) is 0 Å². The van der Waals surface area contributed by atoms with Crippen molar-refractivity contribution in [1.29, 1.82) is 0 Å². The number of aryl methyl sites for hydroxylation is 3. The summed E-state index contributed by atoms with van der Waals surface area (Å²) in [6, 6.07) is 0. The van der Waals surface area contributed by atoms with Gasteiger partial charge in [0.1, 0.15) is 0 Å². The van der Waals surface area contributed by atoms with Crippen LogP contribution in [0.1, 0.15) is 37.9 Å². The molecule has 0 radical (unpaired) electrons. The van der Waals surface area contributed by atoms with Crippen molar-refractivity contribution in [1.82, 2.24) is 19.3 Å². The maximum Gasteiger partial charge on any atom is 0.203 e. The first-order valence-corrected chi connectivity index (χ1v) is 7.01. The van der Waals surface area contributed by atoms with E-state index in [0.717, 1.165) is 31.2 Å². The molecule has 0 aliphatic carbocycles. The first-order valence-electron chi connectivity index (χ1n) is 7.01. The minimum absolute atomic E-state index is 0.778. The highest BCUT2D eigenvalue weighted by Gasteiger charge is 2.07.